The van der Waals surface area contributed by atoms with Crippen LogP contribution in [0, 0.1) is 11.6 Å². The van der Waals surface area contributed by atoms with Crippen molar-refractivity contribution in [1.29, 1.82) is 0 Å². The van der Waals surface area contributed by atoms with Gasteiger partial charge in [0.1, 0.15) is 5.01 Å². The van der Waals surface area contributed by atoms with Gasteiger partial charge in [-0.1, -0.05) is 26.8 Å². The van der Waals surface area contributed by atoms with Gasteiger partial charge in [-0.3, -0.25) is 0 Å². The third-order valence-electron chi connectivity index (χ3n) is 3.83. The number of aromatic nitrogens is 1. The molecule has 1 aromatic heterocycles. The Morgan fingerprint density at radius 1 is 1.26 bits per heavy atom. The second-order valence-electron chi connectivity index (χ2n) is 7.11. The number of hydrogen-bond donors (Lipinski definition) is 2. The van der Waals surface area contributed by atoms with E-state index in [9.17, 15) is 8.78 Å². The van der Waals surface area contributed by atoms with E-state index < -0.39 is 11.6 Å². The number of nitrogens with zero attached hydrogens (tertiary/aromatic N) is 2. The molecule has 4 nitrogen and oxygen atoms in total. The first-order chi connectivity index (χ1) is 12.2. The molecule has 0 spiro atoms. The van der Waals surface area contributed by atoms with Gasteiger partial charge < -0.3 is 10.6 Å². The van der Waals surface area contributed by atoms with E-state index in [1.165, 1.54) is 6.07 Å². The van der Waals surface area contributed by atoms with Gasteiger partial charge in [0.05, 0.1) is 18.3 Å². The fraction of sp³-hybridized carbons (Fsp3) is 0.474. The Bertz CT molecular complexity index is 771. The number of aliphatic imine (C=N–C) groups is 1. The zero-order valence-electron chi connectivity index (χ0n) is 16.3. The van der Waals surface area contributed by atoms with Crippen molar-refractivity contribution in [3.8, 4) is 0 Å². The molecule has 1 aromatic carbocycles. The van der Waals surface area contributed by atoms with Crippen LogP contribution in [0.3, 0.4) is 0 Å². The van der Waals surface area contributed by atoms with Gasteiger partial charge in [0.15, 0.2) is 17.6 Å². The van der Waals surface area contributed by atoms with Gasteiger partial charge in [-0.25, -0.2) is 18.8 Å². The zero-order valence-corrected chi connectivity index (χ0v) is 19.4. The highest BCUT2D eigenvalue weighted by atomic mass is 127. The number of nitrogens with one attached hydrogen (secondary N) is 2. The maximum Gasteiger partial charge on any atom is 0.192 e. The van der Waals surface area contributed by atoms with Crippen LogP contribution in [0.15, 0.2) is 28.6 Å². The van der Waals surface area contributed by atoms with E-state index in [-0.39, 0.29) is 35.4 Å². The molecule has 150 valence electrons. The summed E-state index contributed by atoms with van der Waals surface area (Å²) in [5, 5.41) is 9.38. The number of benzene rings is 1. The molecule has 0 aliphatic rings. The summed E-state index contributed by atoms with van der Waals surface area (Å²) in [6, 6.07) is 3.68. The average molecular weight is 508 g/mol. The molecule has 0 aliphatic heterocycles. The lowest BCUT2D eigenvalue weighted by Crippen LogP contribution is -2.38. The highest BCUT2D eigenvalue weighted by Crippen LogP contribution is 2.24. The molecule has 0 bridgehead atoms. The van der Waals surface area contributed by atoms with Gasteiger partial charge in [-0.15, -0.1) is 35.3 Å². The summed E-state index contributed by atoms with van der Waals surface area (Å²) >= 11 is 1.59. The van der Waals surface area contributed by atoms with E-state index in [1.807, 2.05) is 13.8 Å². The molecular weight excluding hydrogens is 481 g/mol. The number of rotatable bonds is 5. The molecule has 0 fully saturated rings. The Kier molecular flexibility index (Phi) is 9.07. The molecular formula is C19H27F2IN4S. The summed E-state index contributed by atoms with van der Waals surface area (Å²) in [7, 11) is 0. The Hall–Kier alpha value is -1.29. The quantitative estimate of drug-likeness (QED) is 0.334. The monoisotopic (exact) mass is 508 g/mol. The summed E-state index contributed by atoms with van der Waals surface area (Å²) in [5.74, 6) is -1.09. The molecule has 0 aliphatic carbocycles. The van der Waals surface area contributed by atoms with Crippen LogP contribution >= 0.6 is 35.3 Å². The predicted octanol–water partition coefficient (Wildman–Crippen LogP) is 5.15. The molecule has 1 unspecified atom stereocenters. The van der Waals surface area contributed by atoms with Crippen LogP contribution in [0.4, 0.5) is 8.78 Å². The summed E-state index contributed by atoms with van der Waals surface area (Å²) in [6.07, 6.45) is 0. The minimum absolute atomic E-state index is 0. The van der Waals surface area contributed by atoms with Crippen LogP contribution < -0.4 is 10.6 Å². The van der Waals surface area contributed by atoms with E-state index >= 15 is 0 Å². The van der Waals surface area contributed by atoms with E-state index in [0.29, 0.717) is 24.6 Å². The Labute approximate surface area is 180 Å². The van der Waals surface area contributed by atoms with Gasteiger partial charge in [0.25, 0.3) is 0 Å². The van der Waals surface area contributed by atoms with Crippen molar-refractivity contribution in [2.45, 2.75) is 52.6 Å². The van der Waals surface area contributed by atoms with Crippen molar-refractivity contribution < 1.29 is 8.78 Å². The summed E-state index contributed by atoms with van der Waals surface area (Å²) in [6.45, 7) is 11.4. The lowest BCUT2D eigenvalue weighted by Gasteiger charge is -2.18. The molecule has 2 rings (SSSR count). The first-order valence-corrected chi connectivity index (χ1v) is 9.53. The van der Waals surface area contributed by atoms with Crippen molar-refractivity contribution in [3.63, 3.8) is 0 Å². The van der Waals surface area contributed by atoms with Crippen LogP contribution in [0.5, 0.6) is 0 Å². The fourth-order valence-electron chi connectivity index (χ4n) is 2.26. The van der Waals surface area contributed by atoms with E-state index in [0.717, 1.165) is 16.8 Å². The Morgan fingerprint density at radius 2 is 1.96 bits per heavy atom. The summed E-state index contributed by atoms with van der Waals surface area (Å²) in [4.78, 5) is 9.20. The van der Waals surface area contributed by atoms with Gasteiger partial charge in [-0.05, 0) is 31.5 Å². The molecule has 1 atom stereocenters. The van der Waals surface area contributed by atoms with Crippen LogP contribution in [0.1, 0.15) is 56.9 Å². The molecule has 0 amide bonds. The second-order valence-corrected chi connectivity index (χ2v) is 8.05. The SMILES string of the molecule is CCNC(=NCc1nc(C(C)(C)C)cs1)NC(C)c1ccc(F)c(F)c1.I. The predicted molar refractivity (Wildman–Crippen MR) is 119 cm³/mol. The first-order valence-electron chi connectivity index (χ1n) is 8.65. The minimum atomic E-state index is -0.851. The minimum Gasteiger partial charge on any atom is -0.357 e. The second kappa shape index (κ2) is 10.3. The molecule has 2 aromatic rings. The molecule has 1 heterocycles. The number of hydrogen-bond acceptors (Lipinski definition) is 3. The van der Waals surface area contributed by atoms with Crippen LogP contribution in [0.2, 0.25) is 0 Å². The molecule has 0 radical (unpaired) electrons. The molecule has 0 saturated carbocycles. The first kappa shape index (κ1) is 23.7. The Morgan fingerprint density at radius 3 is 2.52 bits per heavy atom. The molecule has 8 heteroatoms. The van der Waals surface area contributed by atoms with Crippen molar-refractivity contribution in [2.24, 2.45) is 4.99 Å². The third-order valence-corrected chi connectivity index (χ3v) is 4.67. The highest BCUT2D eigenvalue weighted by Gasteiger charge is 2.17. The largest absolute Gasteiger partial charge is 0.357 e. The topological polar surface area (TPSA) is 49.3 Å². The standard InChI is InChI=1S/C19H26F2N4S.HI/c1-6-22-18(23-10-17-25-16(11-26-17)19(3,4)5)24-12(2)13-7-8-14(20)15(21)9-13;/h7-9,11-12H,6,10H2,1-5H3,(H2,22,23,24);1H. The lowest BCUT2D eigenvalue weighted by molar-refractivity contribution is 0.504. The molecule has 2 N–H and O–H groups in total. The molecule has 27 heavy (non-hydrogen) atoms. The van der Waals surface area contributed by atoms with Crippen molar-refractivity contribution in [2.75, 3.05) is 6.54 Å². The van der Waals surface area contributed by atoms with E-state index in [4.69, 9.17) is 0 Å². The zero-order chi connectivity index (χ0) is 19.3. The van der Waals surface area contributed by atoms with Crippen molar-refractivity contribution in [3.05, 3.63) is 51.5 Å². The summed E-state index contributed by atoms with van der Waals surface area (Å²) < 4.78 is 26.5. The smallest absolute Gasteiger partial charge is 0.192 e. The van der Waals surface area contributed by atoms with Crippen LogP contribution in [-0.4, -0.2) is 17.5 Å². The highest BCUT2D eigenvalue weighted by molar-refractivity contribution is 14.0. The maximum absolute atomic E-state index is 13.4. The number of halogens is 3. The number of guanidine groups is 1. The summed E-state index contributed by atoms with van der Waals surface area (Å²) in [5.41, 5.74) is 1.72. The normalized spacial score (nSPS) is 13.1. The van der Waals surface area contributed by atoms with E-state index in [1.54, 1.807) is 17.4 Å². The lowest BCUT2D eigenvalue weighted by atomic mass is 9.93. The fourth-order valence-corrected chi connectivity index (χ4v) is 3.21. The van der Waals surface area contributed by atoms with Crippen LogP contribution in [-0.2, 0) is 12.0 Å². The van der Waals surface area contributed by atoms with Gasteiger partial charge >= 0.3 is 0 Å². The van der Waals surface area contributed by atoms with Crippen molar-refractivity contribution in [1.82, 2.24) is 15.6 Å². The van der Waals surface area contributed by atoms with Gasteiger partial charge in [0.2, 0.25) is 0 Å². The Balaban J connectivity index is 0.00000364. The number of thiazole rings is 1. The van der Waals surface area contributed by atoms with Crippen molar-refractivity contribution >= 4 is 41.3 Å². The van der Waals surface area contributed by atoms with Crippen LogP contribution in [0.25, 0.3) is 0 Å². The molecule has 0 saturated heterocycles. The third kappa shape index (κ3) is 6.99. The van der Waals surface area contributed by atoms with Gasteiger partial charge in [0, 0.05) is 17.3 Å². The maximum atomic E-state index is 13.4. The van der Waals surface area contributed by atoms with E-state index in [2.05, 4.69) is 46.8 Å². The van der Waals surface area contributed by atoms with Gasteiger partial charge in [-0.2, -0.15) is 0 Å². The average Bonchev–Trinajstić information content (AvgIpc) is 3.04.